The predicted molar refractivity (Wildman–Crippen MR) is 69.6 cm³/mol. The van der Waals surface area contributed by atoms with E-state index in [0.29, 0.717) is 12.6 Å². The van der Waals surface area contributed by atoms with Gasteiger partial charge in [-0.15, -0.1) is 0 Å². The Kier molecular flexibility index (Phi) is 4.56. The lowest BCUT2D eigenvalue weighted by atomic mass is 9.95. The molecule has 0 atom stereocenters. The summed E-state index contributed by atoms with van der Waals surface area (Å²) in [7, 11) is 0. The van der Waals surface area contributed by atoms with E-state index in [1.54, 1.807) is 0 Å². The molecule has 0 heterocycles. The fraction of sp³-hybridized carbons (Fsp3) is 0.500. The van der Waals surface area contributed by atoms with E-state index in [1.165, 1.54) is 32.1 Å². The molecule has 1 saturated carbocycles. The van der Waals surface area contributed by atoms with Gasteiger partial charge >= 0.3 is 0 Å². The van der Waals surface area contributed by atoms with Gasteiger partial charge in [-0.2, -0.15) is 0 Å². The molecule has 0 spiro atoms. The van der Waals surface area contributed by atoms with Crippen molar-refractivity contribution in [3.63, 3.8) is 0 Å². The Morgan fingerprint density at radius 1 is 1.18 bits per heavy atom. The predicted octanol–water partition coefficient (Wildman–Crippen LogP) is 2.79. The maximum atomic E-state index is 9.06. The Hall–Kier alpha value is -1.35. The van der Waals surface area contributed by atoms with Crippen molar-refractivity contribution in [3.05, 3.63) is 35.9 Å². The number of nitrogens with one attached hydrogen (secondary N) is 1. The third-order valence-corrected chi connectivity index (χ3v) is 3.39. The molecular weight excluding hydrogens is 212 g/mol. The molecule has 0 aromatic heterocycles. The van der Waals surface area contributed by atoms with Crippen molar-refractivity contribution < 1.29 is 5.21 Å². The number of benzene rings is 1. The molecule has 0 amide bonds. The maximum absolute atomic E-state index is 9.06. The zero-order chi connectivity index (χ0) is 11.9. The topological polar surface area (TPSA) is 44.6 Å². The van der Waals surface area contributed by atoms with Crippen LogP contribution in [0.2, 0.25) is 0 Å². The van der Waals surface area contributed by atoms with Crippen molar-refractivity contribution in [2.45, 2.75) is 38.1 Å². The summed E-state index contributed by atoms with van der Waals surface area (Å²) in [6.07, 6.45) is 6.47. The second-order valence-electron chi connectivity index (χ2n) is 4.63. The standard InChI is InChI=1S/C14H20N2O/c17-16-14(12-7-3-1-4-8-12)11-15-13-9-5-2-6-10-13/h1,3-4,7-8,13,15,17H,2,5-6,9-11H2/b16-14+. The van der Waals surface area contributed by atoms with Crippen molar-refractivity contribution in [2.75, 3.05) is 6.54 Å². The number of oxime groups is 1. The van der Waals surface area contributed by atoms with E-state index in [2.05, 4.69) is 10.5 Å². The quantitative estimate of drug-likeness (QED) is 0.476. The zero-order valence-electron chi connectivity index (χ0n) is 10.1. The van der Waals surface area contributed by atoms with Gasteiger partial charge in [-0.05, 0) is 12.8 Å². The van der Waals surface area contributed by atoms with Crippen molar-refractivity contribution in [1.29, 1.82) is 0 Å². The first kappa shape index (κ1) is 12.1. The summed E-state index contributed by atoms with van der Waals surface area (Å²) in [6, 6.07) is 10.4. The number of rotatable bonds is 4. The minimum atomic E-state index is 0.587. The Balaban J connectivity index is 1.88. The molecule has 3 heteroatoms. The Labute approximate surface area is 103 Å². The fourth-order valence-electron chi connectivity index (χ4n) is 2.37. The molecule has 1 fully saturated rings. The first-order valence-electron chi connectivity index (χ1n) is 6.40. The number of hydrogen-bond donors (Lipinski definition) is 2. The van der Waals surface area contributed by atoms with Gasteiger partial charge in [-0.25, -0.2) is 0 Å². The van der Waals surface area contributed by atoms with Gasteiger partial charge in [0.2, 0.25) is 0 Å². The molecular formula is C14H20N2O. The largest absolute Gasteiger partial charge is 0.411 e. The second kappa shape index (κ2) is 6.40. The molecule has 1 aliphatic carbocycles. The summed E-state index contributed by atoms with van der Waals surface area (Å²) in [5, 5.41) is 15.9. The zero-order valence-corrected chi connectivity index (χ0v) is 10.1. The molecule has 92 valence electrons. The van der Waals surface area contributed by atoms with Gasteiger partial charge in [0.05, 0.1) is 0 Å². The molecule has 1 aliphatic rings. The van der Waals surface area contributed by atoms with Crippen LogP contribution in [0, 0.1) is 0 Å². The van der Waals surface area contributed by atoms with Crippen molar-refractivity contribution in [2.24, 2.45) is 5.16 Å². The first-order chi connectivity index (χ1) is 8.40. The molecule has 0 saturated heterocycles. The molecule has 17 heavy (non-hydrogen) atoms. The van der Waals surface area contributed by atoms with Gasteiger partial charge in [0.25, 0.3) is 0 Å². The summed E-state index contributed by atoms with van der Waals surface area (Å²) in [6.45, 7) is 0.644. The number of hydrogen-bond acceptors (Lipinski definition) is 3. The molecule has 1 aromatic carbocycles. The van der Waals surface area contributed by atoms with Crippen molar-refractivity contribution in [3.8, 4) is 0 Å². The summed E-state index contributed by atoms with van der Waals surface area (Å²) >= 11 is 0. The van der Waals surface area contributed by atoms with Gasteiger partial charge in [0, 0.05) is 18.2 Å². The van der Waals surface area contributed by atoms with Crippen LogP contribution in [0.5, 0.6) is 0 Å². The van der Waals surface area contributed by atoms with Gasteiger partial charge in [0.15, 0.2) is 0 Å². The lowest BCUT2D eigenvalue weighted by Gasteiger charge is -2.22. The molecule has 0 unspecified atom stereocenters. The van der Waals surface area contributed by atoms with E-state index in [1.807, 2.05) is 30.3 Å². The van der Waals surface area contributed by atoms with Crippen LogP contribution >= 0.6 is 0 Å². The first-order valence-corrected chi connectivity index (χ1v) is 6.40. The highest BCUT2D eigenvalue weighted by Crippen LogP contribution is 2.17. The van der Waals surface area contributed by atoms with Crippen molar-refractivity contribution in [1.82, 2.24) is 5.32 Å². The fourth-order valence-corrected chi connectivity index (χ4v) is 2.37. The molecule has 2 N–H and O–H groups in total. The SMILES string of the molecule is O/N=C(\CNC1CCCCC1)c1ccccc1. The van der Waals surface area contributed by atoms with Crippen LogP contribution in [-0.2, 0) is 0 Å². The smallest absolute Gasteiger partial charge is 0.101 e. The van der Waals surface area contributed by atoms with E-state index in [4.69, 9.17) is 5.21 Å². The van der Waals surface area contributed by atoms with Gasteiger partial charge < -0.3 is 10.5 Å². The Bertz CT molecular complexity index is 356. The second-order valence-corrected chi connectivity index (χ2v) is 4.63. The van der Waals surface area contributed by atoms with Crippen LogP contribution in [0.25, 0.3) is 0 Å². The average molecular weight is 232 g/mol. The normalized spacial score (nSPS) is 18.2. The van der Waals surface area contributed by atoms with Gasteiger partial charge in [-0.1, -0.05) is 54.8 Å². The molecule has 0 bridgehead atoms. The van der Waals surface area contributed by atoms with E-state index in [0.717, 1.165) is 11.3 Å². The molecule has 0 aliphatic heterocycles. The summed E-state index contributed by atoms with van der Waals surface area (Å²) < 4.78 is 0. The third-order valence-electron chi connectivity index (χ3n) is 3.39. The maximum Gasteiger partial charge on any atom is 0.101 e. The van der Waals surface area contributed by atoms with Crippen LogP contribution < -0.4 is 5.32 Å². The highest BCUT2D eigenvalue weighted by Gasteiger charge is 2.13. The van der Waals surface area contributed by atoms with Gasteiger partial charge in [-0.3, -0.25) is 0 Å². The van der Waals surface area contributed by atoms with Crippen LogP contribution in [0.3, 0.4) is 0 Å². The molecule has 1 aromatic rings. The van der Waals surface area contributed by atoms with E-state index < -0.39 is 0 Å². The Morgan fingerprint density at radius 3 is 2.53 bits per heavy atom. The van der Waals surface area contributed by atoms with Crippen molar-refractivity contribution >= 4 is 5.71 Å². The van der Waals surface area contributed by atoms with Crippen LogP contribution in [0.4, 0.5) is 0 Å². The Morgan fingerprint density at radius 2 is 1.88 bits per heavy atom. The minimum Gasteiger partial charge on any atom is -0.411 e. The molecule has 2 rings (SSSR count). The monoisotopic (exact) mass is 232 g/mol. The van der Waals surface area contributed by atoms with Gasteiger partial charge in [0.1, 0.15) is 5.71 Å². The highest BCUT2D eigenvalue weighted by molar-refractivity contribution is 6.01. The summed E-state index contributed by atoms with van der Waals surface area (Å²) in [5.74, 6) is 0. The van der Waals surface area contributed by atoms with E-state index in [-0.39, 0.29) is 0 Å². The summed E-state index contributed by atoms with van der Waals surface area (Å²) in [4.78, 5) is 0. The van der Waals surface area contributed by atoms with E-state index in [9.17, 15) is 0 Å². The van der Waals surface area contributed by atoms with Crippen LogP contribution in [0.15, 0.2) is 35.5 Å². The summed E-state index contributed by atoms with van der Waals surface area (Å²) in [5.41, 5.74) is 1.70. The lowest BCUT2D eigenvalue weighted by molar-refractivity contribution is 0.316. The van der Waals surface area contributed by atoms with E-state index >= 15 is 0 Å². The number of nitrogens with zero attached hydrogens (tertiary/aromatic N) is 1. The lowest BCUT2D eigenvalue weighted by Crippen LogP contribution is -2.35. The minimum absolute atomic E-state index is 0.587. The third kappa shape index (κ3) is 3.56. The molecule has 0 radical (unpaired) electrons. The van der Waals surface area contributed by atoms with Crippen LogP contribution in [-0.4, -0.2) is 23.5 Å². The molecule has 3 nitrogen and oxygen atoms in total. The van der Waals surface area contributed by atoms with Crippen LogP contribution in [0.1, 0.15) is 37.7 Å². The highest BCUT2D eigenvalue weighted by atomic mass is 16.4. The average Bonchev–Trinajstić information content (AvgIpc) is 2.42.